The van der Waals surface area contributed by atoms with Crippen LogP contribution in [0.4, 0.5) is 5.69 Å². The lowest BCUT2D eigenvalue weighted by Crippen LogP contribution is -2.00. The number of benzene rings is 1. The molecule has 2 heteroatoms. The predicted molar refractivity (Wildman–Crippen MR) is 58.1 cm³/mol. The monoisotopic (exact) mass is 193 g/mol. The molecule has 1 aromatic rings. The third-order valence-corrected chi connectivity index (χ3v) is 2.02. The first-order chi connectivity index (χ1) is 6.24. The SMILES string of the molecule is C#CCCNc1ccc(C)cc1Cl. The average molecular weight is 194 g/mol. The van der Waals surface area contributed by atoms with Crippen molar-refractivity contribution in [2.75, 3.05) is 11.9 Å². The summed E-state index contributed by atoms with van der Waals surface area (Å²) in [7, 11) is 0. The molecule has 1 rings (SSSR count). The Morgan fingerprint density at radius 3 is 2.92 bits per heavy atom. The van der Waals surface area contributed by atoms with E-state index in [-0.39, 0.29) is 0 Å². The molecule has 0 aliphatic carbocycles. The summed E-state index contributed by atoms with van der Waals surface area (Å²) in [6.45, 7) is 2.77. The molecule has 68 valence electrons. The molecule has 0 atom stereocenters. The Hall–Kier alpha value is -1.13. The van der Waals surface area contributed by atoms with Gasteiger partial charge >= 0.3 is 0 Å². The summed E-state index contributed by atoms with van der Waals surface area (Å²) in [6.07, 6.45) is 5.84. The van der Waals surface area contributed by atoms with Crippen molar-refractivity contribution in [1.29, 1.82) is 0 Å². The van der Waals surface area contributed by atoms with E-state index >= 15 is 0 Å². The molecule has 0 radical (unpaired) electrons. The standard InChI is InChI=1S/C11H12ClN/c1-3-4-7-13-11-6-5-9(2)8-10(11)12/h1,5-6,8,13H,4,7H2,2H3. The van der Waals surface area contributed by atoms with Crippen LogP contribution in [0.5, 0.6) is 0 Å². The van der Waals surface area contributed by atoms with Gasteiger partial charge in [-0.3, -0.25) is 0 Å². The van der Waals surface area contributed by atoms with Crippen molar-refractivity contribution in [3.63, 3.8) is 0 Å². The molecule has 1 nitrogen and oxygen atoms in total. The summed E-state index contributed by atoms with van der Waals surface area (Å²) in [6, 6.07) is 5.91. The minimum Gasteiger partial charge on any atom is -0.383 e. The Bertz CT molecular complexity index is 325. The van der Waals surface area contributed by atoms with E-state index in [1.165, 1.54) is 0 Å². The molecule has 0 heterocycles. The first kappa shape index (κ1) is 9.95. The van der Waals surface area contributed by atoms with Gasteiger partial charge in [-0.1, -0.05) is 17.7 Å². The van der Waals surface area contributed by atoms with Crippen LogP contribution in [-0.2, 0) is 0 Å². The second-order valence-corrected chi connectivity index (χ2v) is 3.27. The van der Waals surface area contributed by atoms with E-state index in [2.05, 4.69) is 11.2 Å². The Balaban J connectivity index is 2.62. The molecule has 0 amide bonds. The number of nitrogens with one attached hydrogen (secondary N) is 1. The van der Waals surface area contributed by atoms with E-state index in [4.69, 9.17) is 18.0 Å². The van der Waals surface area contributed by atoms with Gasteiger partial charge in [-0.15, -0.1) is 12.3 Å². The van der Waals surface area contributed by atoms with E-state index in [1.807, 2.05) is 25.1 Å². The molecule has 1 aromatic carbocycles. The van der Waals surface area contributed by atoms with E-state index < -0.39 is 0 Å². The van der Waals surface area contributed by atoms with E-state index in [0.29, 0.717) is 6.42 Å². The van der Waals surface area contributed by atoms with Gasteiger partial charge in [0.05, 0.1) is 10.7 Å². The minimum absolute atomic E-state index is 0.713. The predicted octanol–water partition coefficient (Wildman–Crippen LogP) is 3.08. The first-order valence-electron chi connectivity index (χ1n) is 4.17. The quantitative estimate of drug-likeness (QED) is 0.575. The number of halogens is 1. The van der Waals surface area contributed by atoms with Gasteiger partial charge < -0.3 is 5.32 Å². The smallest absolute Gasteiger partial charge is 0.0640 e. The van der Waals surface area contributed by atoms with Crippen molar-refractivity contribution in [1.82, 2.24) is 0 Å². The summed E-state index contributed by atoms with van der Waals surface area (Å²) in [5, 5.41) is 3.91. The van der Waals surface area contributed by atoms with Gasteiger partial charge in [0.1, 0.15) is 0 Å². The van der Waals surface area contributed by atoms with Crippen molar-refractivity contribution < 1.29 is 0 Å². The summed E-state index contributed by atoms with van der Waals surface area (Å²) in [5.74, 6) is 2.56. The molecule has 0 aromatic heterocycles. The fourth-order valence-electron chi connectivity index (χ4n) is 1.03. The molecule has 13 heavy (non-hydrogen) atoms. The van der Waals surface area contributed by atoms with Crippen LogP contribution in [0.1, 0.15) is 12.0 Å². The fraction of sp³-hybridized carbons (Fsp3) is 0.273. The van der Waals surface area contributed by atoms with Crippen molar-refractivity contribution in [3.8, 4) is 12.3 Å². The van der Waals surface area contributed by atoms with Crippen LogP contribution in [0.15, 0.2) is 18.2 Å². The largest absolute Gasteiger partial charge is 0.383 e. The van der Waals surface area contributed by atoms with E-state index in [9.17, 15) is 0 Å². The number of hydrogen-bond donors (Lipinski definition) is 1. The zero-order chi connectivity index (χ0) is 9.68. The van der Waals surface area contributed by atoms with Gasteiger partial charge in [0.25, 0.3) is 0 Å². The molecule has 0 bridgehead atoms. The number of aryl methyl sites for hydroxylation is 1. The van der Waals surface area contributed by atoms with Gasteiger partial charge in [-0.25, -0.2) is 0 Å². The summed E-state index contributed by atoms with van der Waals surface area (Å²) in [4.78, 5) is 0. The maximum Gasteiger partial charge on any atom is 0.0640 e. The normalized spacial score (nSPS) is 9.31. The first-order valence-corrected chi connectivity index (χ1v) is 4.55. The molecule has 0 aliphatic rings. The Labute approximate surface area is 84.1 Å². The molecule has 0 spiro atoms. The van der Waals surface area contributed by atoms with Crippen molar-refractivity contribution in [2.45, 2.75) is 13.3 Å². The van der Waals surface area contributed by atoms with Crippen molar-refractivity contribution in [2.24, 2.45) is 0 Å². The molecule has 1 N–H and O–H groups in total. The maximum atomic E-state index is 5.99. The second-order valence-electron chi connectivity index (χ2n) is 2.86. The highest BCUT2D eigenvalue weighted by molar-refractivity contribution is 6.33. The van der Waals surface area contributed by atoms with Crippen LogP contribution in [0.2, 0.25) is 5.02 Å². The van der Waals surface area contributed by atoms with Gasteiger partial charge in [0.2, 0.25) is 0 Å². The highest BCUT2D eigenvalue weighted by Gasteiger charge is 1.97. The van der Waals surface area contributed by atoms with Crippen molar-refractivity contribution >= 4 is 17.3 Å². The van der Waals surface area contributed by atoms with Crippen LogP contribution in [0.3, 0.4) is 0 Å². The molecule has 0 aliphatic heterocycles. The lowest BCUT2D eigenvalue weighted by Gasteiger charge is -2.06. The average Bonchev–Trinajstić information content (AvgIpc) is 2.09. The van der Waals surface area contributed by atoms with Gasteiger partial charge in [0.15, 0.2) is 0 Å². The third kappa shape index (κ3) is 3.01. The third-order valence-electron chi connectivity index (χ3n) is 1.71. The summed E-state index contributed by atoms with van der Waals surface area (Å²) < 4.78 is 0. The molecular formula is C11H12ClN. The van der Waals surface area contributed by atoms with Crippen molar-refractivity contribution in [3.05, 3.63) is 28.8 Å². The molecule has 0 unspecified atom stereocenters. The lowest BCUT2D eigenvalue weighted by molar-refractivity contribution is 1.10. The topological polar surface area (TPSA) is 12.0 Å². The minimum atomic E-state index is 0.713. The Morgan fingerprint density at radius 1 is 1.54 bits per heavy atom. The number of anilines is 1. The van der Waals surface area contributed by atoms with E-state index in [0.717, 1.165) is 22.8 Å². The summed E-state index contributed by atoms with van der Waals surface area (Å²) >= 11 is 5.99. The number of hydrogen-bond acceptors (Lipinski definition) is 1. The lowest BCUT2D eigenvalue weighted by atomic mass is 10.2. The van der Waals surface area contributed by atoms with Crippen LogP contribution in [0, 0.1) is 19.3 Å². The zero-order valence-electron chi connectivity index (χ0n) is 7.60. The zero-order valence-corrected chi connectivity index (χ0v) is 8.36. The number of rotatable bonds is 3. The van der Waals surface area contributed by atoms with Crippen LogP contribution < -0.4 is 5.32 Å². The fourth-order valence-corrected chi connectivity index (χ4v) is 1.33. The van der Waals surface area contributed by atoms with Gasteiger partial charge in [-0.2, -0.15) is 0 Å². The van der Waals surface area contributed by atoms with Gasteiger partial charge in [-0.05, 0) is 24.6 Å². The highest BCUT2D eigenvalue weighted by Crippen LogP contribution is 2.22. The number of terminal acetylenes is 1. The highest BCUT2D eigenvalue weighted by atomic mass is 35.5. The molecule has 0 saturated carbocycles. The molecule has 0 fully saturated rings. The molecule has 0 saturated heterocycles. The second kappa shape index (κ2) is 4.79. The maximum absolute atomic E-state index is 5.99. The molecular weight excluding hydrogens is 182 g/mol. The van der Waals surface area contributed by atoms with Crippen LogP contribution in [-0.4, -0.2) is 6.54 Å². The van der Waals surface area contributed by atoms with Crippen LogP contribution >= 0.6 is 11.6 Å². The van der Waals surface area contributed by atoms with Crippen LogP contribution in [0.25, 0.3) is 0 Å². The van der Waals surface area contributed by atoms with E-state index in [1.54, 1.807) is 0 Å². The Morgan fingerprint density at radius 2 is 2.31 bits per heavy atom. The summed E-state index contributed by atoms with van der Waals surface area (Å²) in [5.41, 5.74) is 2.11. The Kier molecular flexibility index (Phi) is 3.67. The van der Waals surface area contributed by atoms with Gasteiger partial charge in [0, 0.05) is 13.0 Å².